The molecule has 0 spiro atoms. The van der Waals surface area contributed by atoms with Crippen LogP contribution in [0.4, 0.5) is 13.2 Å². The van der Waals surface area contributed by atoms with Crippen LogP contribution in [0.2, 0.25) is 0 Å². The summed E-state index contributed by atoms with van der Waals surface area (Å²) >= 11 is 0. The molecule has 3 unspecified atom stereocenters. The normalized spacial score (nSPS) is 16.3. The zero-order chi connectivity index (χ0) is 34.3. The van der Waals surface area contributed by atoms with Gasteiger partial charge in [-0.1, -0.05) is 145 Å². The molecule has 4 rings (SSSR count). The van der Waals surface area contributed by atoms with Crippen molar-refractivity contribution < 1.29 is 13.2 Å². The predicted molar refractivity (Wildman–Crippen MR) is 200 cm³/mol. The molecule has 1 aliphatic rings. The van der Waals surface area contributed by atoms with Gasteiger partial charge in [0.1, 0.15) is 5.82 Å². The maximum atomic E-state index is 15.5. The van der Waals surface area contributed by atoms with E-state index in [-0.39, 0.29) is 11.4 Å². The molecule has 0 nitrogen and oxygen atoms in total. The molecule has 3 atom stereocenters. The molecular formula is C45H59F3. The zero-order valence-corrected chi connectivity index (χ0v) is 30.1. The standard InChI is InChI=1S/C45H59F3/c1-5-8-10-11-12-13-15-17-39-28-31-42(45(48)44(39)47)38-26-24-37(25-27-38)41-30-29-40(32-43(41)46)36-22-20-35(21-23-36)33(4)18-19-34(7-3)16-14-9-6-2/h6,9,22,24-35H,5,7-8,10-21,23H2,1-4H3/b9-6+. The Morgan fingerprint density at radius 3 is 2.06 bits per heavy atom. The van der Waals surface area contributed by atoms with Crippen LogP contribution in [0, 0.1) is 35.2 Å². The predicted octanol–water partition coefficient (Wildman–Crippen LogP) is 14.7. The van der Waals surface area contributed by atoms with E-state index in [4.69, 9.17) is 0 Å². The number of aryl methyl sites for hydroxylation is 1. The second-order valence-corrected chi connectivity index (χ2v) is 14.3. The van der Waals surface area contributed by atoms with E-state index in [0.29, 0.717) is 34.9 Å². The fourth-order valence-corrected chi connectivity index (χ4v) is 7.48. The van der Waals surface area contributed by atoms with E-state index in [1.54, 1.807) is 42.5 Å². The van der Waals surface area contributed by atoms with Crippen LogP contribution in [0.3, 0.4) is 0 Å². The summed E-state index contributed by atoms with van der Waals surface area (Å²) in [5.41, 5.74) is 4.71. The lowest BCUT2D eigenvalue weighted by Crippen LogP contribution is -2.16. The third kappa shape index (κ3) is 10.7. The number of unbranched alkanes of at least 4 members (excludes halogenated alkanes) is 6. The number of halogens is 3. The summed E-state index contributed by atoms with van der Waals surface area (Å²) in [6.45, 7) is 9.04. The molecule has 3 aromatic rings. The summed E-state index contributed by atoms with van der Waals surface area (Å²) in [6.07, 6.45) is 24.9. The van der Waals surface area contributed by atoms with E-state index in [9.17, 15) is 4.39 Å². The van der Waals surface area contributed by atoms with E-state index < -0.39 is 11.6 Å². The van der Waals surface area contributed by atoms with E-state index in [1.807, 2.05) is 12.1 Å². The van der Waals surface area contributed by atoms with Crippen LogP contribution in [0.15, 0.2) is 72.8 Å². The molecule has 0 saturated heterocycles. The summed E-state index contributed by atoms with van der Waals surface area (Å²) < 4.78 is 45.6. The van der Waals surface area contributed by atoms with Gasteiger partial charge in [-0.3, -0.25) is 0 Å². The lowest BCUT2D eigenvalue weighted by molar-refractivity contribution is 0.284. The second-order valence-electron chi connectivity index (χ2n) is 14.3. The van der Waals surface area contributed by atoms with Gasteiger partial charge in [0.25, 0.3) is 0 Å². The molecule has 3 heteroatoms. The monoisotopic (exact) mass is 656 g/mol. The largest absolute Gasteiger partial charge is 0.206 e. The molecule has 0 fully saturated rings. The maximum Gasteiger partial charge on any atom is 0.166 e. The first-order valence-electron chi connectivity index (χ1n) is 19.0. The fourth-order valence-electron chi connectivity index (χ4n) is 7.48. The number of rotatable bonds is 19. The Bertz CT molecular complexity index is 1460. The van der Waals surface area contributed by atoms with Crippen molar-refractivity contribution in [2.75, 3.05) is 0 Å². The highest BCUT2D eigenvalue weighted by Gasteiger charge is 2.22. The maximum absolute atomic E-state index is 15.5. The first-order valence-corrected chi connectivity index (χ1v) is 19.0. The minimum absolute atomic E-state index is 0.240. The summed E-state index contributed by atoms with van der Waals surface area (Å²) in [4.78, 5) is 0. The molecule has 0 bridgehead atoms. The number of hydrogen-bond donors (Lipinski definition) is 0. The topological polar surface area (TPSA) is 0 Å². The van der Waals surface area contributed by atoms with Crippen molar-refractivity contribution in [2.45, 2.75) is 130 Å². The van der Waals surface area contributed by atoms with Crippen LogP contribution in [-0.2, 0) is 6.42 Å². The van der Waals surface area contributed by atoms with Crippen LogP contribution < -0.4 is 0 Å². The Morgan fingerprint density at radius 1 is 0.750 bits per heavy atom. The van der Waals surface area contributed by atoms with E-state index in [0.717, 1.165) is 55.6 Å². The summed E-state index contributed by atoms with van der Waals surface area (Å²) in [5.74, 6) is 0.412. The SMILES string of the molecule is C/C=C/CCC(CC)CCC(C)C1CC=C(c2ccc(-c3ccc(-c4ccc(CCCCCCCCC)c(F)c4F)cc3)c(F)c2)CC1. The van der Waals surface area contributed by atoms with E-state index in [2.05, 4.69) is 45.9 Å². The van der Waals surface area contributed by atoms with E-state index in [1.165, 1.54) is 63.4 Å². The van der Waals surface area contributed by atoms with Crippen molar-refractivity contribution in [1.82, 2.24) is 0 Å². The van der Waals surface area contributed by atoms with Gasteiger partial charge in [-0.2, -0.15) is 0 Å². The average molecular weight is 657 g/mol. The first kappa shape index (κ1) is 37.7. The molecule has 0 N–H and O–H groups in total. The van der Waals surface area contributed by atoms with Gasteiger partial charge in [-0.15, -0.1) is 0 Å². The van der Waals surface area contributed by atoms with Gasteiger partial charge in [0.2, 0.25) is 0 Å². The van der Waals surface area contributed by atoms with Crippen molar-refractivity contribution in [1.29, 1.82) is 0 Å². The minimum Gasteiger partial charge on any atom is -0.206 e. The quantitative estimate of drug-likeness (QED) is 0.0890. The number of benzene rings is 3. The smallest absolute Gasteiger partial charge is 0.166 e. The van der Waals surface area contributed by atoms with Crippen LogP contribution in [0.1, 0.15) is 135 Å². The molecule has 0 radical (unpaired) electrons. The Labute approximate surface area is 290 Å². The first-order chi connectivity index (χ1) is 23.4. The second kappa shape index (κ2) is 19.8. The van der Waals surface area contributed by atoms with Gasteiger partial charge in [0, 0.05) is 11.1 Å². The van der Waals surface area contributed by atoms with Gasteiger partial charge in [-0.05, 0) is 104 Å². The molecule has 0 aromatic heterocycles. The third-order valence-corrected chi connectivity index (χ3v) is 10.9. The highest BCUT2D eigenvalue weighted by atomic mass is 19.2. The third-order valence-electron chi connectivity index (χ3n) is 10.9. The lowest BCUT2D eigenvalue weighted by Gasteiger charge is -2.28. The minimum atomic E-state index is -0.804. The van der Waals surface area contributed by atoms with Crippen LogP contribution in [0.25, 0.3) is 27.8 Å². The Hall–Kier alpha value is -3.07. The van der Waals surface area contributed by atoms with Crippen molar-refractivity contribution in [3.63, 3.8) is 0 Å². The summed E-state index contributed by atoms with van der Waals surface area (Å²) in [7, 11) is 0. The van der Waals surface area contributed by atoms with Crippen LogP contribution in [0.5, 0.6) is 0 Å². The van der Waals surface area contributed by atoms with Gasteiger partial charge in [0.05, 0.1) is 0 Å². The Kier molecular flexibility index (Phi) is 15.6. The molecule has 1 aliphatic carbocycles. The number of hydrogen-bond acceptors (Lipinski definition) is 0. The average Bonchev–Trinajstić information content (AvgIpc) is 3.11. The van der Waals surface area contributed by atoms with Gasteiger partial charge in [0.15, 0.2) is 11.6 Å². The molecule has 0 saturated carbocycles. The molecular weight excluding hydrogens is 597 g/mol. The Balaban J connectivity index is 1.33. The lowest BCUT2D eigenvalue weighted by atomic mass is 9.77. The molecule has 0 amide bonds. The van der Waals surface area contributed by atoms with Crippen molar-refractivity contribution in [2.24, 2.45) is 17.8 Å². The van der Waals surface area contributed by atoms with Gasteiger partial charge < -0.3 is 0 Å². The molecule has 3 aromatic carbocycles. The van der Waals surface area contributed by atoms with Crippen LogP contribution in [-0.4, -0.2) is 0 Å². The summed E-state index contributed by atoms with van der Waals surface area (Å²) in [6, 6.07) is 16.0. The van der Waals surface area contributed by atoms with Crippen LogP contribution >= 0.6 is 0 Å². The molecule has 0 heterocycles. The molecule has 0 aliphatic heterocycles. The fraction of sp³-hybridized carbons (Fsp3) is 0.511. The van der Waals surface area contributed by atoms with Crippen molar-refractivity contribution in [3.8, 4) is 22.3 Å². The summed E-state index contributed by atoms with van der Waals surface area (Å²) in [5, 5.41) is 0. The highest BCUT2D eigenvalue weighted by molar-refractivity contribution is 5.74. The van der Waals surface area contributed by atoms with E-state index >= 15 is 8.78 Å². The highest BCUT2D eigenvalue weighted by Crippen LogP contribution is 2.38. The Morgan fingerprint density at radius 2 is 1.42 bits per heavy atom. The van der Waals surface area contributed by atoms with Crippen molar-refractivity contribution in [3.05, 3.63) is 101 Å². The molecule has 260 valence electrons. The molecule has 48 heavy (non-hydrogen) atoms. The zero-order valence-electron chi connectivity index (χ0n) is 30.1. The van der Waals surface area contributed by atoms with Crippen molar-refractivity contribution >= 4 is 5.57 Å². The number of allylic oxidation sites excluding steroid dienone is 4. The van der Waals surface area contributed by atoms with Gasteiger partial charge in [-0.25, -0.2) is 13.2 Å². The van der Waals surface area contributed by atoms with Gasteiger partial charge >= 0.3 is 0 Å².